The Hall–Kier alpha value is -2.04. The molecule has 108 valence electrons. The van der Waals surface area contributed by atoms with Gasteiger partial charge in [0.15, 0.2) is 0 Å². The van der Waals surface area contributed by atoms with Crippen molar-refractivity contribution >= 4 is 11.9 Å². The second kappa shape index (κ2) is 6.41. The highest BCUT2D eigenvalue weighted by atomic mass is 16.4. The van der Waals surface area contributed by atoms with Gasteiger partial charge in [-0.1, -0.05) is 12.1 Å². The molecule has 5 nitrogen and oxygen atoms in total. The molecule has 2 N–H and O–H groups in total. The summed E-state index contributed by atoms with van der Waals surface area (Å²) in [4.78, 5) is 24.0. The molecule has 1 aromatic rings. The number of nitrogens with zero attached hydrogens (tertiary/aromatic N) is 1. The van der Waals surface area contributed by atoms with Crippen molar-refractivity contribution in [1.82, 2.24) is 4.90 Å². The van der Waals surface area contributed by atoms with Gasteiger partial charge in [-0.15, -0.1) is 0 Å². The van der Waals surface area contributed by atoms with Crippen LogP contribution < -0.4 is 0 Å². The van der Waals surface area contributed by atoms with Crippen LogP contribution in [0.2, 0.25) is 0 Å². The van der Waals surface area contributed by atoms with E-state index < -0.39 is 5.97 Å². The number of aliphatic carboxylic acids is 1. The van der Waals surface area contributed by atoms with Crippen molar-refractivity contribution in [2.24, 2.45) is 5.92 Å². The fourth-order valence-electron chi connectivity index (χ4n) is 2.56. The van der Waals surface area contributed by atoms with Crippen molar-refractivity contribution in [1.29, 1.82) is 0 Å². The van der Waals surface area contributed by atoms with Crippen molar-refractivity contribution in [3.63, 3.8) is 0 Å². The molecule has 1 heterocycles. The van der Waals surface area contributed by atoms with E-state index in [-0.39, 0.29) is 24.5 Å². The summed E-state index contributed by atoms with van der Waals surface area (Å²) in [5.41, 5.74) is 1.15. The lowest BCUT2D eigenvalue weighted by atomic mass is 9.99. The van der Waals surface area contributed by atoms with E-state index in [0.29, 0.717) is 19.0 Å². The summed E-state index contributed by atoms with van der Waals surface area (Å²) in [5, 5.41) is 17.8. The van der Waals surface area contributed by atoms with Crippen LogP contribution in [0.1, 0.15) is 24.8 Å². The van der Waals surface area contributed by atoms with E-state index in [4.69, 9.17) is 5.11 Å². The molecule has 0 aromatic heterocycles. The Morgan fingerprint density at radius 3 is 2.55 bits per heavy atom. The van der Waals surface area contributed by atoms with E-state index in [1.54, 1.807) is 17.0 Å². The maximum absolute atomic E-state index is 11.8. The van der Waals surface area contributed by atoms with Gasteiger partial charge < -0.3 is 15.1 Å². The van der Waals surface area contributed by atoms with Crippen molar-refractivity contribution in [3.8, 4) is 5.75 Å². The van der Waals surface area contributed by atoms with Crippen LogP contribution in [0.4, 0.5) is 0 Å². The average Bonchev–Trinajstić information content (AvgIpc) is 2.87. The molecule has 1 fully saturated rings. The molecule has 1 atom stereocenters. The van der Waals surface area contributed by atoms with E-state index >= 15 is 0 Å². The summed E-state index contributed by atoms with van der Waals surface area (Å²) >= 11 is 0. The molecule has 2 rings (SSSR count). The summed E-state index contributed by atoms with van der Waals surface area (Å²) in [6, 6.07) is 7.12. The number of phenolic OH excluding ortho intramolecular Hbond substituents is 1. The lowest BCUT2D eigenvalue weighted by Crippen LogP contribution is -2.29. The van der Waals surface area contributed by atoms with E-state index in [0.717, 1.165) is 18.4 Å². The zero-order valence-electron chi connectivity index (χ0n) is 11.3. The van der Waals surface area contributed by atoms with Crippen molar-refractivity contribution in [3.05, 3.63) is 29.8 Å². The van der Waals surface area contributed by atoms with Gasteiger partial charge in [-0.25, -0.2) is 0 Å². The molecular weight excluding hydrogens is 258 g/mol. The first kappa shape index (κ1) is 14.4. The van der Waals surface area contributed by atoms with Gasteiger partial charge in [-0.3, -0.25) is 9.59 Å². The van der Waals surface area contributed by atoms with Crippen LogP contribution in [0.5, 0.6) is 5.75 Å². The van der Waals surface area contributed by atoms with Crippen LogP contribution in [0.25, 0.3) is 0 Å². The lowest BCUT2D eigenvalue weighted by Gasteiger charge is -2.16. The molecule has 1 aliphatic heterocycles. The number of carbonyl (C=O) groups is 2. The smallest absolute Gasteiger partial charge is 0.303 e. The number of likely N-dealkylation sites (tertiary alicyclic amines) is 1. The molecule has 0 bridgehead atoms. The first-order valence-electron chi connectivity index (χ1n) is 6.82. The first-order valence-corrected chi connectivity index (χ1v) is 6.82. The molecule has 1 unspecified atom stereocenters. The molecular formula is C15H19NO4. The Labute approximate surface area is 117 Å². The Morgan fingerprint density at radius 1 is 1.20 bits per heavy atom. The SMILES string of the molecule is O=C(O)CCC(=O)N1CCC(Cc2ccc(O)cc2)C1. The molecule has 1 aliphatic rings. The third kappa shape index (κ3) is 3.98. The van der Waals surface area contributed by atoms with E-state index in [1.807, 2.05) is 12.1 Å². The molecule has 1 amide bonds. The highest BCUT2D eigenvalue weighted by molar-refractivity contribution is 5.80. The topological polar surface area (TPSA) is 77.8 Å². The quantitative estimate of drug-likeness (QED) is 0.857. The van der Waals surface area contributed by atoms with Crippen LogP contribution in [0.15, 0.2) is 24.3 Å². The van der Waals surface area contributed by atoms with Crippen LogP contribution in [-0.2, 0) is 16.0 Å². The van der Waals surface area contributed by atoms with E-state index in [9.17, 15) is 14.7 Å². The summed E-state index contributed by atoms with van der Waals surface area (Å²) in [6.45, 7) is 1.40. The molecule has 0 saturated carbocycles. The van der Waals surface area contributed by atoms with Gasteiger partial charge >= 0.3 is 5.97 Å². The second-order valence-electron chi connectivity index (χ2n) is 5.26. The number of amides is 1. The fourth-order valence-corrected chi connectivity index (χ4v) is 2.56. The predicted octanol–water partition coefficient (Wildman–Crippen LogP) is 1.65. The fraction of sp³-hybridized carbons (Fsp3) is 0.467. The minimum absolute atomic E-state index is 0.0689. The van der Waals surface area contributed by atoms with E-state index in [1.165, 1.54) is 0 Å². The van der Waals surface area contributed by atoms with Gasteiger partial charge in [0.05, 0.1) is 6.42 Å². The standard InChI is InChI=1S/C15H19NO4/c17-13-3-1-11(2-4-13)9-12-7-8-16(10-12)14(18)5-6-15(19)20/h1-4,12,17H,5-10H2,(H,19,20). The van der Waals surface area contributed by atoms with Gasteiger partial charge in [0, 0.05) is 19.5 Å². The zero-order chi connectivity index (χ0) is 14.5. The monoisotopic (exact) mass is 277 g/mol. The number of phenols is 1. The molecule has 20 heavy (non-hydrogen) atoms. The van der Waals surface area contributed by atoms with Crippen molar-refractivity contribution < 1.29 is 19.8 Å². The van der Waals surface area contributed by atoms with Gasteiger partial charge in [0.1, 0.15) is 5.75 Å². The summed E-state index contributed by atoms with van der Waals surface area (Å²) in [6.07, 6.45) is 1.81. The van der Waals surface area contributed by atoms with Crippen LogP contribution in [0.3, 0.4) is 0 Å². The zero-order valence-corrected chi connectivity index (χ0v) is 11.3. The molecule has 0 aliphatic carbocycles. The normalized spacial score (nSPS) is 18.2. The number of hydrogen-bond acceptors (Lipinski definition) is 3. The number of carboxylic acids is 1. The number of rotatable bonds is 5. The Morgan fingerprint density at radius 2 is 1.90 bits per heavy atom. The summed E-state index contributed by atoms with van der Waals surface area (Å²) in [7, 11) is 0. The largest absolute Gasteiger partial charge is 0.508 e. The third-order valence-electron chi connectivity index (χ3n) is 3.65. The Balaban J connectivity index is 1.81. The maximum Gasteiger partial charge on any atom is 0.303 e. The minimum Gasteiger partial charge on any atom is -0.508 e. The first-order chi connectivity index (χ1) is 9.54. The van der Waals surface area contributed by atoms with E-state index in [2.05, 4.69) is 0 Å². The number of carboxylic acid groups (broad SMARTS) is 1. The van der Waals surface area contributed by atoms with Gasteiger partial charge in [-0.05, 0) is 36.5 Å². The molecule has 0 spiro atoms. The minimum atomic E-state index is -0.932. The summed E-state index contributed by atoms with van der Waals surface area (Å²) in [5.74, 6) is -0.335. The third-order valence-corrected chi connectivity index (χ3v) is 3.65. The Bertz CT molecular complexity index is 483. The number of carbonyl (C=O) groups excluding carboxylic acids is 1. The average molecular weight is 277 g/mol. The maximum atomic E-state index is 11.8. The number of benzene rings is 1. The predicted molar refractivity (Wildman–Crippen MR) is 73.4 cm³/mol. The highest BCUT2D eigenvalue weighted by Gasteiger charge is 2.26. The number of hydrogen-bond donors (Lipinski definition) is 2. The van der Waals surface area contributed by atoms with Gasteiger partial charge in [0.2, 0.25) is 5.91 Å². The van der Waals surface area contributed by atoms with Crippen LogP contribution >= 0.6 is 0 Å². The van der Waals surface area contributed by atoms with Crippen LogP contribution in [0, 0.1) is 5.92 Å². The van der Waals surface area contributed by atoms with Gasteiger partial charge in [-0.2, -0.15) is 0 Å². The lowest BCUT2D eigenvalue weighted by molar-refractivity contribution is -0.140. The van der Waals surface area contributed by atoms with Crippen molar-refractivity contribution in [2.75, 3.05) is 13.1 Å². The van der Waals surface area contributed by atoms with Gasteiger partial charge in [0.25, 0.3) is 0 Å². The number of aromatic hydroxyl groups is 1. The molecule has 5 heteroatoms. The molecule has 1 aromatic carbocycles. The molecule has 0 radical (unpaired) electrons. The second-order valence-corrected chi connectivity index (χ2v) is 5.26. The molecule has 1 saturated heterocycles. The Kier molecular flexibility index (Phi) is 4.61. The van der Waals surface area contributed by atoms with Crippen molar-refractivity contribution in [2.45, 2.75) is 25.7 Å². The van der Waals surface area contributed by atoms with Crippen LogP contribution in [-0.4, -0.2) is 40.1 Å². The highest BCUT2D eigenvalue weighted by Crippen LogP contribution is 2.22. The summed E-state index contributed by atoms with van der Waals surface area (Å²) < 4.78 is 0.